The molecular weight excluding hydrogens is 284 g/mol. The van der Waals surface area contributed by atoms with E-state index in [2.05, 4.69) is 56.7 Å². The fourth-order valence-corrected chi connectivity index (χ4v) is 3.20. The summed E-state index contributed by atoms with van der Waals surface area (Å²) in [6.07, 6.45) is 2.58. The topological polar surface area (TPSA) is 26.3 Å². The average molecular weight is 309 g/mol. The lowest BCUT2D eigenvalue weighted by Crippen LogP contribution is -2.45. The molecule has 2 atom stereocenters. The molecule has 0 aromatic rings. The highest BCUT2D eigenvalue weighted by Gasteiger charge is 2.39. The Hall–Kier alpha value is 0.327. The summed E-state index contributed by atoms with van der Waals surface area (Å²) >= 11 is 3.60. The standard InChI is InChI=1S/C12H25BrO2Si/c1-10(11(13)8-7-9-14)15-16(5,6)12(2,3)4/h9-11H,7-8H2,1-6H3. The smallest absolute Gasteiger partial charge is 0.192 e. The second kappa shape index (κ2) is 6.31. The molecule has 0 saturated carbocycles. The molecule has 0 aromatic carbocycles. The van der Waals surface area contributed by atoms with Crippen LogP contribution in [0.25, 0.3) is 0 Å². The fourth-order valence-electron chi connectivity index (χ4n) is 1.18. The first-order valence-corrected chi connectivity index (χ1v) is 9.69. The largest absolute Gasteiger partial charge is 0.413 e. The molecule has 0 aliphatic rings. The first-order valence-electron chi connectivity index (χ1n) is 5.87. The van der Waals surface area contributed by atoms with Gasteiger partial charge in [-0.1, -0.05) is 36.7 Å². The Labute approximate surface area is 109 Å². The van der Waals surface area contributed by atoms with E-state index in [9.17, 15) is 4.79 Å². The molecule has 0 N–H and O–H groups in total. The van der Waals surface area contributed by atoms with Crippen molar-refractivity contribution in [2.75, 3.05) is 0 Å². The molecule has 0 rings (SSSR count). The van der Waals surface area contributed by atoms with E-state index < -0.39 is 8.32 Å². The molecule has 0 heterocycles. The van der Waals surface area contributed by atoms with Gasteiger partial charge in [-0.2, -0.15) is 0 Å². The lowest BCUT2D eigenvalue weighted by molar-refractivity contribution is -0.107. The van der Waals surface area contributed by atoms with Crippen molar-refractivity contribution in [1.29, 1.82) is 0 Å². The van der Waals surface area contributed by atoms with Gasteiger partial charge in [0.05, 0.1) is 6.10 Å². The van der Waals surface area contributed by atoms with Crippen LogP contribution < -0.4 is 0 Å². The third-order valence-corrected chi connectivity index (χ3v) is 9.13. The molecule has 0 spiro atoms. The van der Waals surface area contributed by atoms with E-state index >= 15 is 0 Å². The Morgan fingerprint density at radius 1 is 1.38 bits per heavy atom. The minimum Gasteiger partial charge on any atom is -0.413 e. The molecule has 0 radical (unpaired) electrons. The van der Waals surface area contributed by atoms with Crippen LogP contribution in [-0.2, 0) is 9.22 Å². The molecule has 2 nitrogen and oxygen atoms in total. The molecule has 0 fully saturated rings. The van der Waals surface area contributed by atoms with E-state index in [1.807, 2.05) is 0 Å². The summed E-state index contributed by atoms with van der Waals surface area (Å²) in [6, 6.07) is 0. The number of carbonyl (C=O) groups is 1. The van der Waals surface area contributed by atoms with Gasteiger partial charge in [-0.15, -0.1) is 0 Å². The summed E-state index contributed by atoms with van der Waals surface area (Å²) in [4.78, 5) is 10.6. The molecule has 2 unspecified atom stereocenters. The molecule has 4 heteroatoms. The highest BCUT2D eigenvalue weighted by molar-refractivity contribution is 9.09. The summed E-state index contributed by atoms with van der Waals surface area (Å²) in [6.45, 7) is 13.3. The number of halogens is 1. The summed E-state index contributed by atoms with van der Waals surface area (Å²) in [5.74, 6) is 0. The van der Waals surface area contributed by atoms with E-state index in [0.29, 0.717) is 6.42 Å². The van der Waals surface area contributed by atoms with Gasteiger partial charge < -0.3 is 9.22 Å². The van der Waals surface area contributed by atoms with Crippen molar-refractivity contribution in [1.82, 2.24) is 0 Å². The number of aldehydes is 1. The second-order valence-corrected chi connectivity index (χ2v) is 11.8. The van der Waals surface area contributed by atoms with Crippen LogP contribution in [0.5, 0.6) is 0 Å². The second-order valence-electron chi connectivity index (χ2n) is 5.84. The fraction of sp³-hybridized carbons (Fsp3) is 0.917. The molecule has 0 bridgehead atoms. The zero-order valence-corrected chi connectivity index (χ0v) is 13.9. The number of rotatable bonds is 6. The van der Waals surface area contributed by atoms with E-state index in [0.717, 1.165) is 12.7 Å². The van der Waals surface area contributed by atoms with Gasteiger partial charge in [-0.3, -0.25) is 0 Å². The van der Waals surface area contributed by atoms with Crippen molar-refractivity contribution < 1.29 is 9.22 Å². The zero-order valence-electron chi connectivity index (χ0n) is 11.3. The van der Waals surface area contributed by atoms with Crippen molar-refractivity contribution in [2.24, 2.45) is 0 Å². The normalized spacial score (nSPS) is 16.9. The molecular formula is C12H25BrO2Si. The van der Waals surface area contributed by atoms with Crippen molar-refractivity contribution >= 4 is 30.5 Å². The number of alkyl halides is 1. The van der Waals surface area contributed by atoms with Crippen molar-refractivity contribution in [3.05, 3.63) is 0 Å². The van der Waals surface area contributed by atoms with Crippen LogP contribution in [0.2, 0.25) is 18.1 Å². The van der Waals surface area contributed by atoms with E-state index in [1.54, 1.807) is 0 Å². The predicted octanol–water partition coefficient (Wildman–Crippen LogP) is 4.14. The maximum absolute atomic E-state index is 10.3. The Bertz CT molecular complexity index is 224. The SMILES string of the molecule is CC(O[Si](C)(C)C(C)(C)C)C(Br)CCC=O. The van der Waals surface area contributed by atoms with Crippen LogP contribution in [-0.4, -0.2) is 25.5 Å². The van der Waals surface area contributed by atoms with E-state index in [4.69, 9.17) is 4.43 Å². The minimum absolute atomic E-state index is 0.167. The maximum atomic E-state index is 10.3. The number of hydrogen-bond acceptors (Lipinski definition) is 2. The van der Waals surface area contributed by atoms with Gasteiger partial charge in [0.25, 0.3) is 0 Å². The summed E-state index contributed by atoms with van der Waals surface area (Å²) in [5, 5.41) is 0.235. The van der Waals surface area contributed by atoms with E-state index in [1.165, 1.54) is 0 Å². The Morgan fingerprint density at radius 3 is 2.25 bits per heavy atom. The first kappa shape index (κ1) is 16.3. The monoisotopic (exact) mass is 308 g/mol. The molecule has 0 saturated heterocycles. The summed E-state index contributed by atoms with van der Waals surface area (Å²) in [5.41, 5.74) is 0. The van der Waals surface area contributed by atoms with Crippen molar-refractivity contribution in [3.63, 3.8) is 0 Å². The van der Waals surface area contributed by atoms with Crippen molar-refractivity contribution in [2.45, 2.75) is 69.6 Å². The summed E-state index contributed by atoms with van der Waals surface area (Å²) in [7, 11) is -1.69. The third-order valence-electron chi connectivity index (χ3n) is 3.36. The molecule has 0 amide bonds. The lowest BCUT2D eigenvalue weighted by Gasteiger charge is -2.39. The summed E-state index contributed by atoms with van der Waals surface area (Å²) < 4.78 is 6.24. The van der Waals surface area contributed by atoms with Gasteiger partial charge in [0.2, 0.25) is 0 Å². The number of carbonyl (C=O) groups excluding carboxylic acids is 1. The number of hydrogen-bond donors (Lipinski definition) is 0. The van der Waals surface area contributed by atoms with Gasteiger partial charge in [0, 0.05) is 11.2 Å². The minimum atomic E-state index is -1.69. The van der Waals surface area contributed by atoms with Gasteiger partial charge in [0.1, 0.15) is 6.29 Å². The molecule has 0 aliphatic heterocycles. The highest BCUT2D eigenvalue weighted by Crippen LogP contribution is 2.38. The van der Waals surface area contributed by atoms with Gasteiger partial charge in [-0.05, 0) is 31.5 Å². The first-order chi connectivity index (χ1) is 7.12. The maximum Gasteiger partial charge on any atom is 0.192 e. The molecule has 16 heavy (non-hydrogen) atoms. The predicted molar refractivity (Wildman–Crippen MR) is 75.8 cm³/mol. The Morgan fingerprint density at radius 2 is 1.88 bits per heavy atom. The van der Waals surface area contributed by atoms with Crippen molar-refractivity contribution in [3.8, 4) is 0 Å². The molecule has 0 aromatic heterocycles. The Balaban J connectivity index is 4.32. The highest BCUT2D eigenvalue weighted by atomic mass is 79.9. The molecule has 96 valence electrons. The Kier molecular flexibility index (Phi) is 6.44. The molecule has 0 aliphatic carbocycles. The van der Waals surface area contributed by atoms with Crippen LogP contribution in [0.15, 0.2) is 0 Å². The quantitative estimate of drug-likeness (QED) is 0.419. The van der Waals surface area contributed by atoms with E-state index in [-0.39, 0.29) is 16.0 Å². The third kappa shape index (κ3) is 5.10. The van der Waals surface area contributed by atoms with Crippen LogP contribution in [0.4, 0.5) is 0 Å². The van der Waals surface area contributed by atoms with Gasteiger partial charge >= 0.3 is 0 Å². The average Bonchev–Trinajstić information content (AvgIpc) is 2.11. The van der Waals surface area contributed by atoms with Crippen LogP contribution in [0, 0.1) is 0 Å². The lowest BCUT2D eigenvalue weighted by atomic mass is 10.2. The van der Waals surface area contributed by atoms with Gasteiger partial charge in [-0.25, -0.2) is 0 Å². The zero-order chi connectivity index (χ0) is 13.0. The van der Waals surface area contributed by atoms with Crippen LogP contribution in [0.3, 0.4) is 0 Å². The van der Waals surface area contributed by atoms with Gasteiger partial charge in [0.15, 0.2) is 8.32 Å². The van der Waals surface area contributed by atoms with Crippen LogP contribution in [0.1, 0.15) is 40.5 Å². The van der Waals surface area contributed by atoms with Crippen LogP contribution >= 0.6 is 15.9 Å².